The molecule has 10 heavy (non-hydrogen) atoms. The van der Waals surface area contributed by atoms with Crippen LogP contribution in [0.5, 0.6) is 0 Å². The summed E-state index contributed by atoms with van der Waals surface area (Å²) in [5.74, 6) is 0. The summed E-state index contributed by atoms with van der Waals surface area (Å²) in [6.07, 6.45) is 1.83. The van der Waals surface area contributed by atoms with Gasteiger partial charge in [0.2, 0.25) is 0 Å². The Labute approximate surface area is 65.4 Å². The molecule has 2 heteroatoms. The van der Waals surface area contributed by atoms with Crippen LogP contribution in [-0.4, -0.2) is 0 Å². The quantitative estimate of drug-likeness (QED) is 0.621. The fourth-order valence-corrected chi connectivity index (χ4v) is 0.589. The average molecular weight is 155 g/mol. The van der Waals surface area contributed by atoms with Crippen LogP contribution in [0.15, 0.2) is 36.9 Å². The molecular formula is C8H14NP. The third-order valence-corrected chi connectivity index (χ3v) is 1.04. The van der Waals surface area contributed by atoms with Crippen molar-refractivity contribution in [2.75, 3.05) is 0 Å². The Hall–Kier alpha value is -0.650. The van der Waals surface area contributed by atoms with Crippen LogP contribution < -0.4 is 6.15 Å². The zero-order chi connectivity index (χ0) is 5.82. The van der Waals surface area contributed by atoms with Crippen LogP contribution in [0.1, 0.15) is 5.56 Å². The fourth-order valence-electron chi connectivity index (χ4n) is 0.589. The van der Waals surface area contributed by atoms with Gasteiger partial charge in [0.1, 0.15) is 0 Å². The van der Waals surface area contributed by atoms with Crippen molar-refractivity contribution in [2.24, 2.45) is 0 Å². The molecule has 1 atom stereocenters. The van der Waals surface area contributed by atoms with Gasteiger partial charge in [0.05, 0.1) is 0 Å². The molecule has 3 N–H and O–H groups in total. The lowest BCUT2D eigenvalue weighted by molar-refractivity contribution is 1.67. The van der Waals surface area contributed by atoms with Crippen LogP contribution >= 0.6 is 9.90 Å². The molecule has 0 bridgehead atoms. The van der Waals surface area contributed by atoms with Crippen molar-refractivity contribution in [3.05, 3.63) is 42.5 Å². The molecule has 0 spiro atoms. The number of rotatable bonds is 1. The molecule has 0 saturated carbocycles. The standard InChI is InChI=1S/C8H8.H3N.H3P/c1-2-8-6-4-3-5-7-8;;/h2-7H,1H2;2*1H3. The van der Waals surface area contributed by atoms with Crippen molar-refractivity contribution < 1.29 is 0 Å². The summed E-state index contributed by atoms with van der Waals surface area (Å²) >= 11 is 0. The van der Waals surface area contributed by atoms with Crippen LogP contribution in [0.3, 0.4) is 0 Å². The van der Waals surface area contributed by atoms with Gasteiger partial charge in [-0.1, -0.05) is 43.0 Å². The molecule has 0 fully saturated rings. The summed E-state index contributed by atoms with van der Waals surface area (Å²) in [5.41, 5.74) is 1.17. The average Bonchev–Trinajstić information content (AvgIpc) is 1.90. The van der Waals surface area contributed by atoms with Gasteiger partial charge in [-0.3, -0.25) is 0 Å². The molecule has 0 aliphatic rings. The Morgan fingerprint density at radius 3 is 1.90 bits per heavy atom. The van der Waals surface area contributed by atoms with Crippen molar-refractivity contribution in [3.63, 3.8) is 0 Å². The molecule has 0 heterocycles. The molecule has 0 radical (unpaired) electrons. The first-order chi connectivity index (χ1) is 3.93. The third kappa shape index (κ3) is 3.39. The van der Waals surface area contributed by atoms with Gasteiger partial charge in [-0.25, -0.2) is 0 Å². The van der Waals surface area contributed by atoms with Gasteiger partial charge in [-0.05, 0) is 5.56 Å². The fraction of sp³-hybridized carbons (Fsp3) is 0. The number of benzene rings is 1. The Bertz CT molecular complexity index is 172. The van der Waals surface area contributed by atoms with E-state index >= 15 is 0 Å². The summed E-state index contributed by atoms with van der Waals surface area (Å²) in [4.78, 5) is 0. The zero-order valence-electron chi connectivity index (χ0n) is 6.09. The predicted molar refractivity (Wildman–Crippen MR) is 52.7 cm³/mol. The normalized spacial score (nSPS) is 6.80. The first-order valence-electron chi connectivity index (χ1n) is 2.61. The van der Waals surface area contributed by atoms with Gasteiger partial charge in [0.25, 0.3) is 0 Å². The highest BCUT2D eigenvalue weighted by atomic mass is 31.0. The molecule has 1 aromatic carbocycles. The summed E-state index contributed by atoms with van der Waals surface area (Å²) in [7, 11) is 0. The monoisotopic (exact) mass is 155 g/mol. The van der Waals surface area contributed by atoms with E-state index in [1.165, 1.54) is 5.56 Å². The summed E-state index contributed by atoms with van der Waals surface area (Å²) in [6.45, 7) is 3.63. The topological polar surface area (TPSA) is 35.0 Å². The zero-order valence-corrected chi connectivity index (χ0v) is 7.50. The van der Waals surface area contributed by atoms with Gasteiger partial charge in [0, 0.05) is 0 Å². The third-order valence-electron chi connectivity index (χ3n) is 1.04. The Kier molecular flexibility index (Phi) is 7.81. The molecule has 0 aliphatic heterocycles. The second-order valence-electron chi connectivity index (χ2n) is 1.61. The molecule has 0 aromatic heterocycles. The van der Waals surface area contributed by atoms with E-state index in [0.717, 1.165) is 0 Å². The molecular weight excluding hydrogens is 141 g/mol. The largest absolute Gasteiger partial charge is 0.344 e. The molecule has 0 amide bonds. The van der Waals surface area contributed by atoms with Crippen LogP contribution in [-0.2, 0) is 0 Å². The maximum absolute atomic E-state index is 3.63. The smallest absolute Gasteiger partial charge is 0.0263 e. The first-order valence-corrected chi connectivity index (χ1v) is 2.61. The predicted octanol–water partition coefficient (Wildman–Crippen LogP) is 2.55. The molecule has 0 aliphatic carbocycles. The minimum atomic E-state index is 0. The van der Waals surface area contributed by atoms with Crippen LogP contribution in [0.4, 0.5) is 0 Å². The van der Waals surface area contributed by atoms with Gasteiger partial charge in [0.15, 0.2) is 0 Å². The van der Waals surface area contributed by atoms with Crippen LogP contribution in [0.25, 0.3) is 6.08 Å². The van der Waals surface area contributed by atoms with Crippen molar-refractivity contribution in [1.29, 1.82) is 0 Å². The van der Waals surface area contributed by atoms with E-state index in [2.05, 4.69) is 6.58 Å². The number of hydrogen-bond acceptors (Lipinski definition) is 1. The van der Waals surface area contributed by atoms with Crippen molar-refractivity contribution in [3.8, 4) is 0 Å². The Balaban J connectivity index is 0. The Morgan fingerprint density at radius 2 is 1.60 bits per heavy atom. The lowest BCUT2D eigenvalue weighted by Crippen LogP contribution is -1.63. The molecule has 1 unspecified atom stereocenters. The summed E-state index contributed by atoms with van der Waals surface area (Å²) < 4.78 is 0. The Morgan fingerprint density at radius 1 is 1.10 bits per heavy atom. The minimum absolute atomic E-state index is 0. The molecule has 1 rings (SSSR count). The highest BCUT2D eigenvalue weighted by Gasteiger charge is 1.75. The van der Waals surface area contributed by atoms with Crippen molar-refractivity contribution in [1.82, 2.24) is 6.15 Å². The van der Waals surface area contributed by atoms with Gasteiger partial charge in [-0.2, -0.15) is 9.90 Å². The first kappa shape index (κ1) is 12.1. The minimum Gasteiger partial charge on any atom is -0.344 e. The molecule has 0 saturated heterocycles. The lowest BCUT2D eigenvalue weighted by atomic mass is 10.2. The maximum atomic E-state index is 3.63. The second-order valence-corrected chi connectivity index (χ2v) is 1.61. The van der Waals surface area contributed by atoms with Crippen molar-refractivity contribution in [2.45, 2.75) is 0 Å². The van der Waals surface area contributed by atoms with E-state index in [1.54, 1.807) is 0 Å². The molecule has 56 valence electrons. The highest BCUT2D eigenvalue weighted by molar-refractivity contribution is 6.92. The molecule has 1 aromatic rings. The van der Waals surface area contributed by atoms with Gasteiger partial charge >= 0.3 is 0 Å². The van der Waals surface area contributed by atoms with E-state index in [-0.39, 0.29) is 16.0 Å². The maximum Gasteiger partial charge on any atom is -0.0263 e. The van der Waals surface area contributed by atoms with E-state index in [0.29, 0.717) is 0 Å². The summed E-state index contributed by atoms with van der Waals surface area (Å²) in [5, 5.41) is 0. The highest BCUT2D eigenvalue weighted by Crippen LogP contribution is 1.97. The van der Waals surface area contributed by atoms with Gasteiger partial charge < -0.3 is 6.15 Å². The van der Waals surface area contributed by atoms with Gasteiger partial charge in [-0.15, -0.1) is 0 Å². The van der Waals surface area contributed by atoms with Crippen LogP contribution in [0, 0.1) is 0 Å². The van der Waals surface area contributed by atoms with Crippen molar-refractivity contribution >= 4 is 16.0 Å². The van der Waals surface area contributed by atoms with E-state index in [4.69, 9.17) is 0 Å². The van der Waals surface area contributed by atoms with E-state index in [1.807, 2.05) is 36.4 Å². The second kappa shape index (κ2) is 6.47. The summed E-state index contributed by atoms with van der Waals surface area (Å²) in [6, 6.07) is 10.0. The van der Waals surface area contributed by atoms with E-state index < -0.39 is 0 Å². The SMILES string of the molecule is C=Cc1ccccc1.N.P. The lowest BCUT2D eigenvalue weighted by Gasteiger charge is -1.85. The molecule has 1 nitrogen and oxygen atoms in total. The van der Waals surface area contributed by atoms with Crippen LogP contribution in [0.2, 0.25) is 0 Å². The number of hydrogen-bond donors (Lipinski definition) is 1. The van der Waals surface area contributed by atoms with E-state index in [9.17, 15) is 0 Å².